The fourth-order valence-electron chi connectivity index (χ4n) is 3.13. The third-order valence-electron chi connectivity index (χ3n) is 5.05. The highest BCUT2D eigenvalue weighted by atomic mass is 35.5. The van der Waals surface area contributed by atoms with Gasteiger partial charge in [0.05, 0.1) is 16.3 Å². The van der Waals surface area contributed by atoms with Crippen molar-refractivity contribution >= 4 is 46.3 Å². The van der Waals surface area contributed by atoms with Gasteiger partial charge in [-0.3, -0.25) is 5.41 Å². The van der Waals surface area contributed by atoms with Crippen LogP contribution in [0.15, 0.2) is 54.6 Å². The maximum absolute atomic E-state index is 13.0. The molecule has 0 aliphatic rings. The van der Waals surface area contributed by atoms with E-state index < -0.39 is 17.9 Å². The molecule has 11 heteroatoms. The summed E-state index contributed by atoms with van der Waals surface area (Å²) in [6.07, 6.45) is -1.50. The number of allylic oxidation sites excluding steroid dienone is 1. The molecule has 3 N–H and O–H groups in total. The summed E-state index contributed by atoms with van der Waals surface area (Å²) in [5.41, 5.74) is -0.315. The molecular formula is C25H23Cl2F3N4O2. The summed E-state index contributed by atoms with van der Waals surface area (Å²) in [5.74, 6) is 0.0652. The first-order chi connectivity index (χ1) is 17.1. The van der Waals surface area contributed by atoms with Gasteiger partial charge in [0.2, 0.25) is 0 Å². The molecule has 3 aromatic rings. The van der Waals surface area contributed by atoms with Gasteiger partial charge in [0, 0.05) is 12.1 Å². The van der Waals surface area contributed by atoms with Crippen molar-refractivity contribution in [2.45, 2.75) is 39.0 Å². The van der Waals surface area contributed by atoms with Crippen molar-refractivity contribution in [3.63, 3.8) is 0 Å². The minimum absolute atomic E-state index is 0.0201. The van der Waals surface area contributed by atoms with E-state index in [1.807, 2.05) is 0 Å². The van der Waals surface area contributed by atoms with E-state index in [0.29, 0.717) is 34.0 Å². The highest BCUT2D eigenvalue weighted by Crippen LogP contribution is 2.27. The summed E-state index contributed by atoms with van der Waals surface area (Å²) < 4.78 is 44.4. The van der Waals surface area contributed by atoms with E-state index in [-0.39, 0.29) is 22.9 Å². The van der Waals surface area contributed by atoms with Gasteiger partial charge in [0.1, 0.15) is 29.0 Å². The second-order valence-electron chi connectivity index (χ2n) is 7.78. The number of hydrogen-bond donors (Lipinski definition) is 3. The molecule has 0 saturated heterocycles. The van der Waals surface area contributed by atoms with E-state index in [0.717, 1.165) is 19.3 Å². The Balaban J connectivity index is 1.76. The molecule has 0 spiro atoms. The Bertz CT molecular complexity index is 1250. The van der Waals surface area contributed by atoms with Crippen LogP contribution in [0.3, 0.4) is 0 Å². The van der Waals surface area contributed by atoms with Crippen LogP contribution in [0, 0.1) is 5.41 Å². The standard InChI is InChI=1S/C25H23Cl2F3N4O2/c1-2-3-8-22-33-20(23(27)34-22)14-36-24(35)16-11-9-15(10-12-16)19(13-21(31)25(28,29)30)32-18-7-5-4-6-17(18)26/h4-7,9-13,31-32H,2-3,8,14H2,1H3,(H,33,34)/b19-13-,31-21?. The molecule has 36 heavy (non-hydrogen) atoms. The lowest BCUT2D eigenvalue weighted by atomic mass is 10.1. The Morgan fingerprint density at radius 1 is 1.14 bits per heavy atom. The van der Waals surface area contributed by atoms with Gasteiger partial charge in [-0.25, -0.2) is 9.78 Å². The largest absolute Gasteiger partial charge is 0.455 e. The van der Waals surface area contributed by atoms with Crippen molar-refractivity contribution in [3.8, 4) is 0 Å². The molecule has 1 aromatic heterocycles. The lowest BCUT2D eigenvalue weighted by Gasteiger charge is -2.14. The van der Waals surface area contributed by atoms with Gasteiger partial charge >= 0.3 is 12.1 Å². The Kier molecular flexibility index (Phi) is 9.17. The maximum Gasteiger partial charge on any atom is 0.432 e. The Labute approximate surface area is 216 Å². The third kappa shape index (κ3) is 7.35. The second kappa shape index (κ2) is 12.1. The lowest BCUT2D eigenvalue weighted by molar-refractivity contribution is -0.0583. The number of carbonyl (C=O) groups excluding carboxylic acids is 1. The number of rotatable bonds is 10. The average molecular weight is 539 g/mol. The number of alkyl halides is 3. The van der Waals surface area contributed by atoms with Gasteiger partial charge < -0.3 is 15.0 Å². The number of halogens is 5. The molecular weight excluding hydrogens is 516 g/mol. The SMILES string of the molecule is CCCCc1nc(COC(=O)c2ccc(/C(=C/C(=N)C(F)(F)F)Nc3ccccc3Cl)cc2)c(Cl)[nH]1. The van der Waals surface area contributed by atoms with E-state index >= 15 is 0 Å². The smallest absolute Gasteiger partial charge is 0.432 e. The number of aromatic amines is 1. The van der Waals surface area contributed by atoms with Crippen LogP contribution in [0.4, 0.5) is 18.9 Å². The Hall–Kier alpha value is -3.30. The van der Waals surface area contributed by atoms with Crippen LogP contribution in [0.2, 0.25) is 10.2 Å². The Morgan fingerprint density at radius 2 is 1.81 bits per heavy atom. The molecule has 0 fully saturated rings. The number of imidazole rings is 1. The molecule has 0 aliphatic heterocycles. The van der Waals surface area contributed by atoms with Crippen LogP contribution < -0.4 is 5.32 Å². The zero-order valence-corrected chi connectivity index (χ0v) is 20.7. The summed E-state index contributed by atoms with van der Waals surface area (Å²) in [5, 5.41) is 10.8. The Morgan fingerprint density at radius 3 is 2.44 bits per heavy atom. The number of aromatic nitrogens is 2. The number of aryl methyl sites for hydroxylation is 1. The minimum atomic E-state index is -4.83. The molecule has 3 rings (SSSR count). The first kappa shape index (κ1) is 27.3. The van der Waals surface area contributed by atoms with E-state index in [1.54, 1.807) is 24.3 Å². The van der Waals surface area contributed by atoms with Gasteiger partial charge in [-0.05, 0) is 42.3 Å². The number of nitrogens with one attached hydrogen (secondary N) is 3. The number of anilines is 1. The van der Waals surface area contributed by atoms with Crippen molar-refractivity contribution in [3.05, 3.63) is 87.4 Å². The zero-order chi connectivity index (χ0) is 26.3. The number of nitrogens with zero attached hydrogens (tertiary/aromatic N) is 1. The van der Waals surface area contributed by atoms with E-state index in [2.05, 4.69) is 22.2 Å². The van der Waals surface area contributed by atoms with Gasteiger partial charge in [-0.1, -0.05) is 60.8 Å². The highest BCUT2D eigenvalue weighted by Gasteiger charge is 2.33. The first-order valence-corrected chi connectivity index (χ1v) is 11.7. The van der Waals surface area contributed by atoms with Crippen LogP contribution in [-0.4, -0.2) is 27.8 Å². The quantitative estimate of drug-likeness (QED) is 0.184. The minimum Gasteiger partial charge on any atom is -0.455 e. The lowest BCUT2D eigenvalue weighted by Crippen LogP contribution is -2.20. The second-order valence-corrected chi connectivity index (χ2v) is 8.56. The number of esters is 1. The van der Waals surface area contributed by atoms with Gasteiger partial charge in [0.25, 0.3) is 0 Å². The molecule has 2 aromatic carbocycles. The van der Waals surface area contributed by atoms with E-state index in [1.165, 1.54) is 24.3 Å². The van der Waals surface area contributed by atoms with Crippen molar-refractivity contribution in [1.29, 1.82) is 5.41 Å². The van der Waals surface area contributed by atoms with Gasteiger partial charge in [-0.2, -0.15) is 13.2 Å². The fourth-order valence-corrected chi connectivity index (χ4v) is 3.51. The molecule has 190 valence electrons. The van der Waals surface area contributed by atoms with E-state index in [9.17, 15) is 18.0 Å². The molecule has 1 heterocycles. The molecule has 0 atom stereocenters. The van der Waals surface area contributed by atoms with Gasteiger partial charge in [-0.15, -0.1) is 0 Å². The highest BCUT2D eigenvalue weighted by molar-refractivity contribution is 6.33. The molecule has 0 unspecified atom stereocenters. The number of hydrogen-bond acceptors (Lipinski definition) is 5. The third-order valence-corrected chi connectivity index (χ3v) is 5.70. The number of unbranched alkanes of at least 4 members (excludes halogenated alkanes) is 1. The molecule has 0 aliphatic carbocycles. The zero-order valence-electron chi connectivity index (χ0n) is 19.2. The van der Waals surface area contributed by atoms with Crippen molar-refractivity contribution in [2.75, 3.05) is 5.32 Å². The summed E-state index contributed by atoms with van der Waals surface area (Å²) in [4.78, 5) is 19.8. The normalized spacial score (nSPS) is 11.9. The van der Waals surface area contributed by atoms with Crippen LogP contribution in [-0.2, 0) is 17.8 Å². The maximum atomic E-state index is 13.0. The summed E-state index contributed by atoms with van der Waals surface area (Å²) in [7, 11) is 0. The molecule has 6 nitrogen and oxygen atoms in total. The number of benzene rings is 2. The molecule has 0 saturated carbocycles. The fraction of sp³-hybridized carbons (Fsp3) is 0.240. The number of H-pyrrole nitrogens is 1. The summed E-state index contributed by atoms with van der Waals surface area (Å²) in [6.45, 7) is 1.93. The molecule has 0 bridgehead atoms. The predicted octanol–water partition coefficient (Wildman–Crippen LogP) is 7.45. The van der Waals surface area contributed by atoms with Crippen molar-refractivity contribution < 1.29 is 22.7 Å². The van der Waals surface area contributed by atoms with Crippen LogP contribution in [0.1, 0.15) is 47.2 Å². The molecule has 0 amide bonds. The van der Waals surface area contributed by atoms with Crippen LogP contribution in [0.25, 0.3) is 5.70 Å². The number of ether oxygens (including phenoxy) is 1. The monoisotopic (exact) mass is 538 g/mol. The first-order valence-electron chi connectivity index (χ1n) is 11.0. The van der Waals surface area contributed by atoms with Crippen LogP contribution in [0.5, 0.6) is 0 Å². The average Bonchev–Trinajstić information content (AvgIpc) is 3.20. The number of para-hydroxylation sites is 1. The number of carbonyl (C=O) groups is 1. The predicted molar refractivity (Wildman–Crippen MR) is 135 cm³/mol. The van der Waals surface area contributed by atoms with Crippen molar-refractivity contribution in [1.82, 2.24) is 9.97 Å². The van der Waals surface area contributed by atoms with Crippen LogP contribution >= 0.6 is 23.2 Å². The van der Waals surface area contributed by atoms with E-state index in [4.69, 9.17) is 33.3 Å². The summed E-state index contributed by atoms with van der Waals surface area (Å²) in [6, 6.07) is 12.2. The summed E-state index contributed by atoms with van der Waals surface area (Å²) >= 11 is 12.3. The topological polar surface area (TPSA) is 90.9 Å². The molecule has 0 radical (unpaired) electrons. The van der Waals surface area contributed by atoms with Crippen molar-refractivity contribution in [2.24, 2.45) is 0 Å². The van der Waals surface area contributed by atoms with Gasteiger partial charge in [0.15, 0.2) is 0 Å².